The van der Waals surface area contributed by atoms with Crippen LogP contribution in [0.15, 0.2) is 116 Å². The van der Waals surface area contributed by atoms with E-state index >= 15 is 0 Å². The fraction of sp³-hybridized carbons (Fsp3) is 0. The Balaban J connectivity index is 1.33. The zero-order valence-electron chi connectivity index (χ0n) is 18.2. The summed E-state index contributed by atoms with van der Waals surface area (Å²) < 4.78 is 4.25. The minimum Gasteiger partial charge on any atom is -0.309 e. The van der Waals surface area contributed by atoms with Crippen LogP contribution in [0, 0.1) is 0 Å². The molecule has 0 saturated heterocycles. The van der Waals surface area contributed by atoms with Gasteiger partial charge in [-0.25, -0.2) is 15.0 Å². The van der Waals surface area contributed by atoms with E-state index in [1.54, 1.807) is 6.20 Å². The van der Waals surface area contributed by atoms with Gasteiger partial charge >= 0.3 is 0 Å². The molecule has 3 aromatic heterocycles. The molecule has 0 aliphatic carbocycles. The van der Waals surface area contributed by atoms with Crippen LogP contribution in [0.4, 0.5) is 0 Å². The molecule has 7 rings (SSSR count). The molecule has 160 valence electrons. The number of hydrogen-bond donors (Lipinski definition) is 0. The molecule has 5 heteroatoms. The van der Waals surface area contributed by atoms with Crippen molar-refractivity contribution in [1.29, 1.82) is 0 Å². The summed E-state index contributed by atoms with van der Waals surface area (Å²) in [6, 6.07) is 33.6. The number of benzene rings is 4. The Labute approximate surface area is 195 Å². The Bertz CT molecular complexity index is 1760. The van der Waals surface area contributed by atoms with Crippen molar-refractivity contribution in [3.8, 4) is 23.0 Å². The van der Waals surface area contributed by atoms with E-state index in [9.17, 15) is 0 Å². The number of imidazole rings is 1. The zero-order chi connectivity index (χ0) is 22.5. The van der Waals surface area contributed by atoms with E-state index < -0.39 is 0 Å². The van der Waals surface area contributed by atoms with E-state index in [1.165, 1.54) is 21.8 Å². The van der Waals surface area contributed by atoms with Gasteiger partial charge in [0.2, 0.25) is 5.95 Å². The Hall–Kier alpha value is -4.77. The van der Waals surface area contributed by atoms with Gasteiger partial charge in [0.15, 0.2) is 0 Å². The third kappa shape index (κ3) is 2.84. The van der Waals surface area contributed by atoms with Crippen LogP contribution in [0.5, 0.6) is 0 Å². The van der Waals surface area contributed by atoms with Gasteiger partial charge in [0, 0.05) is 46.0 Å². The third-order valence-electron chi connectivity index (χ3n) is 6.30. The molecule has 34 heavy (non-hydrogen) atoms. The third-order valence-corrected chi connectivity index (χ3v) is 6.30. The second-order valence-electron chi connectivity index (χ2n) is 8.27. The van der Waals surface area contributed by atoms with Gasteiger partial charge in [0.25, 0.3) is 0 Å². The molecule has 7 aromatic rings. The highest BCUT2D eigenvalue weighted by atomic mass is 15.2. The maximum absolute atomic E-state index is 4.74. The first-order valence-electron chi connectivity index (χ1n) is 11.2. The minimum atomic E-state index is 0.609. The van der Waals surface area contributed by atoms with E-state index in [1.807, 2.05) is 41.2 Å². The fourth-order valence-corrected chi connectivity index (χ4v) is 4.72. The summed E-state index contributed by atoms with van der Waals surface area (Å²) >= 11 is 0. The van der Waals surface area contributed by atoms with Crippen LogP contribution in [0.2, 0.25) is 0 Å². The van der Waals surface area contributed by atoms with Crippen molar-refractivity contribution in [3.05, 3.63) is 116 Å². The van der Waals surface area contributed by atoms with Crippen molar-refractivity contribution >= 4 is 32.7 Å². The van der Waals surface area contributed by atoms with Gasteiger partial charge in [0.05, 0.1) is 16.6 Å². The number of nitrogens with zero attached hydrogens (tertiary/aromatic N) is 5. The van der Waals surface area contributed by atoms with Gasteiger partial charge in [-0.3, -0.25) is 4.57 Å². The molecule has 0 radical (unpaired) electrons. The van der Waals surface area contributed by atoms with Crippen LogP contribution in [-0.4, -0.2) is 24.1 Å². The summed E-state index contributed by atoms with van der Waals surface area (Å²) in [5.41, 5.74) is 5.42. The van der Waals surface area contributed by atoms with Gasteiger partial charge in [-0.05, 0) is 42.5 Å². The Kier molecular flexibility index (Phi) is 4.08. The molecule has 3 heterocycles. The Morgan fingerprint density at radius 3 is 2.06 bits per heavy atom. The molecular weight excluding hydrogens is 418 g/mol. The molecule has 0 aliphatic heterocycles. The lowest BCUT2D eigenvalue weighted by atomic mass is 10.2. The van der Waals surface area contributed by atoms with Crippen molar-refractivity contribution in [2.24, 2.45) is 0 Å². The Morgan fingerprint density at radius 2 is 1.29 bits per heavy atom. The van der Waals surface area contributed by atoms with E-state index in [0.29, 0.717) is 5.95 Å². The molecule has 0 amide bonds. The molecule has 0 fully saturated rings. The molecule has 4 aromatic carbocycles. The van der Waals surface area contributed by atoms with Crippen molar-refractivity contribution in [2.75, 3.05) is 0 Å². The van der Waals surface area contributed by atoms with Crippen LogP contribution in [0.25, 0.3) is 55.7 Å². The first kappa shape index (κ1) is 18.8. The largest absolute Gasteiger partial charge is 0.309 e. The average molecular weight is 438 g/mol. The number of para-hydroxylation sites is 3. The van der Waals surface area contributed by atoms with E-state index in [0.717, 1.165) is 28.0 Å². The maximum Gasteiger partial charge on any atom is 0.235 e. The first-order valence-corrected chi connectivity index (χ1v) is 11.2. The quantitative estimate of drug-likeness (QED) is 0.314. The SMILES string of the molecule is c1ccc2nc(-n3ccnc3-c3ccc(-n4c5ccccc5c5ccccc54)cc3)ncc2c1. The topological polar surface area (TPSA) is 48.5 Å². The predicted octanol–water partition coefficient (Wildman–Crippen LogP) is 6.58. The van der Waals surface area contributed by atoms with Crippen LogP contribution in [0.1, 0.15) is 0 Å². The highest BCUT2D eigenvalue weighted by Gasteiger charge is 2.13. The number of hydrogen-bond acceptors (Lipinski definition) is 3. The van der Waals surface area contributed by atoms with Crippen LogP contribution in [0.3, 0.4) is 0 Å². The fourth-order valence-electron chi connectivity index (χ4n) is 4.72. The van der Waals surface area contributed by atoms with Gasteiger partial charge in [-0.15, -0.1) is 0 Å². The Morgan fingerprint density at radius 1 is 0.618 bits per heavy atom. The van der Waals surface area contributed by atoms with Gasteiger partial charge in [-0.1, -0.05) is 54.6 Å². The van der Waals surface area contributed by atoms with Crippen LogP contribution in [-0.2, 0) is 0 Å². The molecule has 0 bridgehead atoms. The second-order valence-corrected chi connectivity index (χ2v) is 8.27. The molecule has 0 unspecified atom stereocenters. The maximum atomic E-state index is 4.74. The summed E-state index contributed by atoms with van der Waals surface area (Å²) in [5, 5.41) is 3.53. The van der Waals surface area contributed by atoms with Crippen molar-refractivity contribution in [2.45, 2.75) is 0 Å². The highest BCUT2D eigenvalue weighted by molar-refractivity contribution is 6.09. The van der Waals surface area contributed by atoms with Gasteiger partial charge in [0.1, 0.15) is 5.82 Å². The summed E-state index contributed by atoms with van der Waals surface area (Å²) in [6.45, 7) is 0. The van der Waals surface area contributed by atoms with Crippen LogP contribution < -0.4 is 0 Å². The number of aromatic nitrogens is 5. The lowest BCUT2D eigenvalue weighted by Gasteiger charge is -2.10. The summed E-state index contributed by atoms with van der Waals surface area (Å²) in [7, 11) is 0. The highest BCUT2D eigenvalue weighted by Crippen LogP contribution is 2.32. The standard InChI is InChI=1S/C29H19N5/c1-4-10-25-21(7-1)19-31-29(32-25)33-18-17-30-28(33)20-13-15-22(16-14-20)34-26-11-5-2-8-23(26)24-9-3-6-12-27(24)34/h1-19H. The number of rotatable bonds is 3. The molecule has 0 N–H and O–H groups in total. The summed E-state index contributed by atoms with van der Waals surface area (Å²) in [6.07, 6.45) is 5.54. The smallest absolute Gasteiger partial charge is 0.235 e. The van der Waals surface area contributed by atoms with Gasteiger partial charge < -0.3 is 4.57 Å². The molecule has 0 aliphatic rings. The van der Waals surface area contributed by atoms with Gasteiger partial charge in [-0.2, -0.15) is 0 Å². The lowest BCUT2D eigenvalue weighted by molar-refractivity contribution is 0.949. The van der Waals surface area contributed by atoms with E-state index in [4.69, 9.17) is 4.98 Å². The molecule has 0 atom stereocenters. The monoisotopic (exact) mass is 437 g/mol. The number of fused-ring (bicyclic) bond motifs is 4. The normalized spacial score (nSPS) is 11.5. The molecule has 0 saturated carbocycles. The minimum absolute atomic E-state index is 0.609. The average Bonchev–Trinajstić information content (AvgIpc) is 3.52. The summed E-state index contributed by atoms with van der Waals surface area (Å²) in [4.78, 5) is 13.9. The van der Waals surface area contributed by atoms with Crippen molar-refractivity contribution in [1.82, 2.24) is 24.1 Å². The molecule has 5 nitrogen and oxygen atoms in total. The molecular formula is C29H19N5. The summed E-state index contributed by atoms with van der Waals surface area (Å²) in [5.74, 6) is 1.42. The lowest BCUT2D eigenvalue weighted by Crippen LogP contribution is -2.02. The van der Waals surface area contributed by atoms with E-state index in [2.05, 4.69) is 87.3 Å². The predicted molar refractivity (Wildman–Crippen MR) is 136 cm³/mol. The second kappa shape index (κ2) is 7.39. The van der Waals surface area contributed by atoms with Crippen molar-refractivity contribution in [3.63, 3.8) is 0 Å². The van der Waals surface area contributed by atoms with Crippen molar-refractivity contribution < 1.29 is 0 Å². The zero-order valence-corrected chi connectivity index (χ0v) is 18.2. The van der Waals surface area contributed by atoms with Crippen LogP contribution >= 0.6 is 0 Å². The van der Waals surface area contributed by atoms with E-state index in [-0.39, 0.29) is 0 Å². The first-order chi connectivity index (χ1) is 16.9. The molecule has 0 spiro atoms.